The number of carbonyl (C=O) groups excluding carboxylic acids is 2. The van der Waals surface area contributed by atoms with Crippen LogP contribution in [0.15, 0.2) is 88.0 Å². The molecule has 0 saturated heterocycles. The van der Waals surface area contributed by atoms with Gasteiger partial charge in [-0.3, -0.25) is 4.79 Å². The molecule has 7 heteroatoms. The monoisotopic (exact) mass is 416 g/mol. The fourth-order valence-corrected chi connectivity index (χ4v) is 3.08. The van der Waals surface area contributed by atoms with E-state index in [1.807, 2.05) is 30.3 Å². The number of aromatic nitrogens is 1. The number of amides is 1. The predicted octanol–water partition coefficient (Wildman–Crippen LogP) is 4.64. The summed E-state index contributed by atoms with van der Waals surface area (Å²) in [6, 6.07) is 19.5. The number of rotatable bonds is 7. The van der Waals surface area contributed by atoms with Gasteiger partial charge < -0.3 is 18.9 Å². The second-order valence-electron chi connectivity index (χ2n) is 6.82. The van der Waals surface area contributed by atoms with Crippen molar-refractivity contribution in [3.05, 3.63) is 90.5 Å². The van der Waals surface area contributed by atoms with Gasteiger partial charge in [0.05, 0.1) is 29.6 Å². The normalized spacial score (nSPS) is 11.6. The van der Waals surface area contributed by atoms with Gasteiger partial charge in [0, 0.05) is 5.56 Å². The van der Waals surface area contributed by atoms with Crippen LogP contribution in [-0.4, -0.2) is 23.5 Å². The van der Waals surface area contributed by atoms with Crippen LogP contribution in [0.3, 0.4) is 0 Å². The number of furan rings is 1. The Kier molecular flexibility index (Phi) is 5.93. The standard InChI is InChI=1S/C24H20N2O5/c1-16(20-12-7-13-29-20)26-22(27)15-30-24(28)19-11-6-5-10-18(19)23-25-14-21(31-23)17-8-3-2-4-9-17/h2-14,16H,15H2,1H3,(H,26,27)/t16-/m1/s1. The Morgan fingerprint density at radius 2 is 1.81 bits per heavy atom. The number of carbonyl (C=O) groups is 2. The van der Waals surface area contributed by atoms with Gasteiger partial charge in [-0.15, -0.1) is 0 Å². The van der Waals surface area contributed by atoms with Gasteiger partial charge in [-0.25, -0.2) is 9.78 Å². The highest BCUT2D eigenvalue weighted by Gasteiger charge is 2.20. The van der Waals surface area contributed by atoms with E-state index in [4.69, 9.17) is 13.6 Å². The van der Waals surface area contributed by atoms with E-state index in [1.54, 1.807) is 49.5 Å². The Morgan fingerprint density at radius 3 is 2.58 bits per heavy atom. The molecular formula is C24H20N2O5. The number of ether oxygens (including phenoxy) is 1. The number of oxazole rings is 1. The Morgan fingerprint density at radius 1 is 1.03 bits per heavy atom. The first-order chi connectivity index (χ1) is 15.1. The molecule has 0 radical (unpaired) electrons. The summed E-state index contributed by atoms with van der Waals surface area (Å²) in [4.78, 5) is 29.1. The molecular weight excluding hydrogens is 396 g/mol. The third-order valence-electron chi connectivity index (χ3n) is 4.62. The molecule has 0 spiro atoms. The van der Waals surface area contributed by atoms with Crippen LogP contribution in [0, 0.1) is 0 Å². The van der Waals surface area contributed by atoms with Crippen LogP contribution >= 0.6 is 0 Å². The van der Waals surface area contributed by atoms with Crippen LogP contribution in [0.25, 0.3) is 22.8 Å². The lowest BCUT2D eigenvalue weighted by atomic mass is 10.1. The van der Waals surface area contributed by atoms with E-state index in [0.717, 1.165) is 5.56 Å². The average Bonchev–Trinajstić information content (AvgIpc) is 3.51. The maximum absolute atomic E-state index is 12.6. The Hall–Kier alpha value is -4.13. The van der Waals surface area contributed by atoms with Gasteiger partial charge in [-0.1, -0.05) is 42.5 Å². The Balaban J connectivity index is 1.44. The SMILES string of the molecule is C[C@@H](NC(=O)COC(=O)c1ccccc1-c1ncc(-c2ccccc2)o1)c1ccco1. The molecule has 0 aliphatic rings. The van der Waals surface area contributed by atoms with E-state index in [9.17, 15) is 9.59 Å². The molecule has 2 aromatic heterocycles. The second kappa shape index (κ2) is 9.13. The first-order valence-electron chi connectivity index (χ1n) is 9.72. The predicted molar refractivity (Wildman–Crippen MR) is 113 cm³/mol. The molecule has 2 aromatic carbocycles. The number of nitrogens with zero attached hydrogens (tertiary/aromatic N) is 1. The zero-order valence-corrected chi connectivity index (χ0v) is 16.8. The average molecular weight is 416 g/mol. The molecule has 0 aliphatic heterocycles. The van der Waals surface area contributed by atoms with Crippen molar-refractivity contribution in [1.29, 1.82) is 0 Å². The van der Waals surface area contributed by atoms with Crippen molar-refractivity contribution in [2.45, 2.75) is 13.0 Å². The number of nitrogens with one attached hydrogen (secondary N) is 1. The van der Waals surface area contributed by atoms with E-state index in [-0.39, 0.29) is 11.6 Å². The zero-order valence-electron chi connectivity index (χ0n) is 16.8. The van der Waals surface area contributed by atoms with Crippen LogP contribution in [-0.2, 0) is 9.53 Å². The highest BCUT2D eigenvalue weighted by molar-refractivity contribution is 5.97. The summed E-state index contributed by atoms with van der Waals surface area (Å²) in [5, 5.41) is 2.72. The van der Waals surface area contributed by atoms with Gasteiger partial charge in [0.25, 0.3) is 5.91 Å². The maximum Gasteiger partial charge on any atom is 0.339 e. The molecule has 0 unspecified atom stereocenters. The highest BCUT2D eigenvalue weighted by atomic mass is 16.5. The van der Waals surface area contributed by atoms with Gasteiger partial charge in [-0.05, 0) is 31.2 Å². The van der Waals surface area contributed by atoms with Crippen LogP contribution in [0.1, 0.15) is 29.1 Å². The zero-order chi connectivity index (χ0) is 21.6. The molecule has 0 aliphatic carbocycles. The van der Waals surface area contributed by atoms with Crippen molar-refractivity contribution in [1.82, 2.24) is 10.3 Å². The molecule has 0 saturated carbocycles. The van der Waals surface area contributed by atoms with Crippen LogP contribution in [0.5, 0.6) is 0 Å². The van der Waals surface area contributed by atoms with Crippen molar-refractivity contribution < 1.29 is 23.2 Å². The lowest BCUT2D eigenvalue weighted by molar-refractivity contribution is -0.125. The van der Waals surface area contributed by atoms with Crippen molar-refractivity contribution in [3.63, 3.8) is 0 Å². The van der Waals surface area contributed by atoms with Crippen molar-refractivity contribution in [2.24, 2.45) is 0 Å². The lowest BCUT2D eigenvalue weighted by Gasteiger charge is -2.12. The minimum Gasteiger partial charge on any atom is -0.467 e. The third kappa shape index (κ3) is 4.72. The smallest absolute Gasteiger partial charge is 0.339 e. The van der Waals surface area contributed by atoms with Crippen molar-refractivity contribution in [2.75, 3.05) is 6.61 Å². The molecule has 2 heterocycles. The molecule has 1 amide bonds. The van der Waals surface area contributed by atoms with Crippen LogP contribution < -0.4 is 5.32 Å². The molecule has 7 nitrogen and oxygen atoms in total. The fourth-order valence-electron chi connectivity index (χ4n) is 3.08. The second-order valence-corrected chi connectivity index (χ2v) is 6.82. The fraction of sp³-hybridized carbons (Fsp3) is 0.125. The van der Waals surface area contributed by atoms with Gasteiger partial charge in [0.2, 0.25) is 5.89 Å². The summed E-state index contributed by atoms with van der Waals surface area (Å²) >= 11 is 0. The maximum atomic E-state index is 12.6. The summed E-state index contributed by atoms with van der Waals surface area (Å²) in [6.07, 6.45) is 3.14. The van der Waals surface area contributed by atoms with Gasteiger partial charge in [-0.2, -0.15) is 0 Å². The summed E-state index contributed by atoms with van der Waals surface area (Å²) in [7, 11) is 0. The first-order valence-corrected chi connectivity index (χ1v) is 9.72. The molecule has 156 valence electrons. The molecule has 4 aromatic rings. The number of esters is 1. The van der Waals surface area contributed by atoms with Crippen LogP contribution in [0.2, 0.25) is 0 Å². The molecule has 1 N–H and O–H groups in total. The minimum atomic E-state index is -0.643. The first kappa shape index (κ1) is 20.2. The van der Waals surface area contributed by atoms with E-state index < -0.39 is 18.5 Å². The van der Waals surface area contributed by atoms with E-state index >= 15 is 0 Å². The molecule has 1 atom stereocenters. The summed E-state index contributed by atoms with van der Waals surface area (Å²) in [6.45, 7) is 1.36. The van der Waals surface area contributed by atoms with E-state index in [0.29, 0.717) is 23.0 Å². The minimum absolute atomic E-state index is 0.260. The van der Waals surface area contributed by atoms with E-state index in [2.05, 4.69) is 10.3 Å². The van der Waals surface area contributed by atoms with Crippen molar-refractivity contribution >= 4 is 11.9 Å². The topological polar surface area (TPSA) is 94.6 Å². The lowest BCUT2D eigenvalue weighted by Crippen LogP contribution is -2.31. The van der Waals surface area contributed by atoms with Gasteiger partial charge in [0.1, 0.15) is 5.76 Å². The highest BCUT2D eigenvalue weighted by Crippen LogP contribution is 2.28. The summed E-state index contributed by atoms with van der Waals surface area (Å²) in [5.74, 6) is 0.420. The van der Waals surface area contributed by atoms with E-state index in [1.165, 1.54) is 6.26 Å². The van der Waals surface area contributed by atoms with Gasteiger partial charge in [0.15, 0.2) is 12.4 Å². The summed E-state index contributed by atoms with van der Waals surface area (Å²) in [5.41, 5.74) is 1.62. The number of hydrogen-bond acceptors (Lipinski definition) is 6. The number of hydrogen-bond donors (Lipinski definition) is 1. The number of benzene rings is 2. The van der Waals surface area contributed by atoms with Crippen LogP contribution in [0.4, 0.5) is 0 Å². The summed E-state index contributed by atoms with van der Waals surface area (Å²) < 4.78 is 16.3. The quantitative estimate of drug-likeness (QED) is 0.441. The Labute approximate surface area is 178 Å². The van der Waals surface area contributed by atoms with Gasteiger partial charge >= 0.3 is 5.97 Å². The molecule has 4 rings (SSSR count). The molecule has 31 heavy (non-hydrogen) atoms. The third-order valence-corrected chi connectivity index (χ3v) is 4.62. The largest absolute Gasteiger partial charge is 0.467 e. The molecule has 0 fully saturated rings. The Bertz CT molecular complexity index is 1170. The van der Waals surface area contributed by atoms with Crippen molar-refractivity contribution in [3.8, 4) is 22.8 Å². The molecule has 0 bridgehead atoms.